The Labute approximate surface area is 110 Å². The van der Waals surface area contributed by atoms with Crippen LogP contribution in [-0.2, 0) is 11.3 Å². The molecule has 0 bridgehead atoms. The van der Waals surface area contributed by atoms with Crippen LogP contribution in [0.1, 0.15) is 11.1 Å². The molecule has 0 atom stereocenters. The van der Waals surface area contributed by atoms with E-state index in [4.69, 9.17) is 5.11 Å². The van der Waals surface area contributed by atoms with E-state index in [9.17, 15) is 0 Å². The van der Waals surface area contributed by atoms with E-state index in [-0.39, 0.29) is 6.61 Å². The van der Waals surface area contributed by atoms with Crippen LogP contribution in [0.4, 0.5) is 0 Å². The van der Waals surface area contributed by atoms with Gasteiger partial charge in [-0.05, 0) is 41.0 Å². The van der Waals surface area contributed by atoms with E-state index in [0.717, 1.165) is 10.0 Å². The molecule has 0 aliphatic carbocycles. The summed E-state index contributed by atoms with van der Waals surface area (Å²) in [6.07, 6.45) is 0. The Morgan fingerprint density at radius 2 is 1.88 bits per heavy atom. The predicted octanol–water partition coefficient (Wildman–Crippen LogP) is 3.67. The third-order valence-corrected chi connectivity index (χ3v) is 3.17. The van der Waals surface area contributed by atoms with Crippen LogP contribution in [0.5, 0.6) is 0 Å². The second-order valence-electron chi connectivity index (χ2n) is 3.81. The van der Waals surface area contributed by atoms with Crippen molar-refractivity contribution in [3.05, 3.63) is 45.9 Å². The molecular formula is C14H17BrO2. The zero-order valence-electron chi connectivity index (χ0n) is 10.3. The smallest absolute Gasteiger partial charge is 0.0693 e. The number of fused-ring (bicyclic) bond motifs is 1. The minimum Gasteiger partial charge on any atom is -0.392 e. The summed E-state index contributed by atoms with van der Waals surface area (Å²) in [6.45, 7) is 2.16. The molecule has 2 aromatic carbocycles. The number of hydrogen-bond donors (Lipinski definition) is 1. The van der Waals surface area contributed by atoms with Crippen LogP contribution >= 0.6 is 15.9 Å². The van der Waals surface area contributed by atoms with Crippen LogP contribution in [0, 0.1) is 6.92 Å². The summed E-state index contributed by atoms with van der Waals surface area (Å²) in [5, 5.41) is 11.5. The number of rotatable bonds is 1. The Bertz CT molecular complexity index is 495. The van der Waals surface area contributed by atoms with Gasteiger partial charge < -0.3 is 9.84 Å². The number of methoxy groups -OCH3 is 1. The van der Waals surface area contributed by atoms with Crippen molar-refractivity contribution in [3.63, 3.8) is 0 Å². The summed E-state index contributed by atoms with van der Waals surface area (Å²) in [4.78, 5) is 0. The van der Waals surface area contributed by atoms with Crippen molar-refractivity contribution >= 4 is 26.7 Å². The number of aliphatic hydroxyl groups is 1. The summed E-state index contributed by atoms with van der Waals surface area (Å²) in [6, 6.07) is 10.3. The van der Waals surface area contributed by atoms with Gasteiger partial charge in [0, 0.05) is 18.7 Å². The number of aryl methyl sites for hydroxylation is 1. The van der Waals surface area contributed by atoms with Gasteiger partial charge in [0.15, 0.2) is 0 Å². The van der Waals surface area contributed by atoms with Crippen molar-refractivity contribution in [1.82, 2.24) is 0 Å². The highest BCUT2D eigenvalue weighted by Gasteiger charge is 2.02. The van der Waals surface area contributed by atoms with Crippen LogP contribution in [0.15, 0.2) is 34.8 Å². The standard InChI is InChI=1S/C12H11BrO.C2H6O/c1-8-3-2-4-9-5-10(7-14)12(13)6-11(8)9;1-3-2/h2-6,14H,7H2,1H3;1-2H3. The first-order valence-corrected chi connectivity index (χ1v) is 6.12. The summed E-state index contributed by atoms with van der Waals surface area (Å²) in [5.74, 6) is 0. The molecule has 0 saturated carbocycles. The molecule has 92 valence electrons. The Hall–Kier alpha value is -0.900. The fourth-order valence-corrected chi connectivity index (χ4v) is 2.09. The monoisotopic (exact) mass is 296 g/mol. The average molecular weight is 297 g/mol. The molecular weight excluding hydrogens is 280 g/mol. The largest absolute Gasteiger partial charge is 0.392 e. The first-order chi connectivity index (χ1) is 8.13. The second kappa shape index (κ2) is 6.74. The Morgan fingerprint density at radius 1 is 1.24 bits per heavy atom. The minimum absolute atomic E-state index is 0.0739. The fourth-order valence-electron chi connectivity index (χ4n) is 1.62. The highest BCUT2D eigenvalue weighted by molar-refractivity contribution is 9.10. The lowest BCUT2D eigenvalue weighted by atomic mass is 10.0. The van der Waals surface area contributed by atoms with Crippen molar-refractivity contribution in [3.8, 4) is 0 Å². The lowest BCUT2D eigenvalue weighted by molar-refractivity contribution is 0.277. The maximum absolute atomic E-state index is 9.12. The molecule has 0 aromatic heterocycles. The first-order valence-electron chi connectivity index (χ1n) is 5.32. The normalized spacial score (nSPS) is 9.94. The third-order valence-electron chi connectivity index (χ3n) is 2.44. The first kappa shape index (κ1) is 14.2. The molecule has 3 heteroatoms. The van der Waals surface area contributed by atoms with Crippen LogP contribution in [0.2, 0.25) is 0 Å². The van der Waals surface area contributed by atoms with E-state index in [1.54, 1.807) is 14.2 Å². The highest BCUT2D eigenvalue weighted by Crippen LogP contribution is 2.26. The molecule has 0 saturated heterocycles. The molecule has 1 N–H and O–H groups in total. The van der Waals surface area contributed by atoms with E-state index in [1.165, 1.54) is 16.3 Å². The molecule has 0 amide bonds. The van der Waals surface area contributed by atoms with E-state index in [2.05, 4.69) is 45.8 Å². The molecule has 0 fully saturated rings. The zero-order chi connectivity index (χ0) is 12.8. The van der Waals surface area contributed by atoms with E-state index in [1.807, 2.05) is 12.1 Å². The van der Waals surface area contributed by atoms with Crippen molar-refractivity contribution in [2.24, 2.45) is 0 Å². The number of ether oxygens (including phenoxy) is 1. The van der Waals surface area contributed by atoms with Gasteiger partial charge >= 0.3 is 0 Å². The average Bonchev–Trinajstić information content (AvgIpc) is 2.31. The van der Waals surface area contributed by atoms with Gasteiger partial charge in [0.2, 0.25) is 0 Å². The van der Waals surface area contributed by atoms with E-state index in [0.29, 0.717) is 0 Å². The predicted molar refractivity (Wildman–Crippen MR) is 75.2 cm³/mol. The van der Waals surface area contributed by atoms with Gasteiger partial charge in [0.25, 0.3) is 0 Å². The maximum Gasteiger partial charge on any atom is 0.0693 e. The van der Waals surface area contributed by atoms with Crippen molar-refractivity contribution in [2.45, 2.75) is 13.5 Å². The zero-order valence-corrected chi connectivity index (χ0v) is 11.9. The molecule has 0 aliphatic rings. The summed E-state index contributed by atoms with van der Waals surface area (Å²) in [5.41, 5.74) is 2.19. The Morgan fingerprint density at radius 3 is 2.47 bits per heavy atom. The summed E-state index contributed by atoms with van der Waals surface area (Å²) in [7, 11) is 3.25. The second-order valence-corrected chi connectivity index (χ2v) is 4.66. The summed E-state index contributed by atoms with van der Waals surface area (Å²) < 4.78 is 5.22. The van der Waals surface area contributed by atoms with E-state index >= 15 is 0 Å². The van der Waals surface area contributed by atoms with Gasteiger partial charge in [-0.1, -0.05) is 34.1 Å². The topological polar surface area (TPSA) is 29.5 Å². The van der Waals surface area contributed by atoms with Gasteiger partial charge in [0.1, 0.15) is 0 Å². The molecule has 0 spiro atoms. The molecule has 0 radical (unpaired) electrons. The molecule has 2 aromatic rings. The van der Waals surface area contributed by atoms with Crippen molar-refractivity contribution < 1.29 is 9.84 Å². The van der Waals surface area contributed by atoms with Crippen molar-refractivity contribution in [2.75, 3.05) is 14.2 Å². The van der Waals surface area contributed by atoms with Gasteiger partial charge in [-0.25, -0.2) is 0 Å². The third kappa shape index (κ3) is 3.53. The Balaban J connectivity index is 0.000000437. The number of hydrogen-bond acceptors (Lipinski definition) is 2. The molecule has 0 unspecified atom stereocenters. The molecule has 2 nitrogen and oxygen atoms in total. The SMILES string of the molecule is COC.Cc1cccc2cc(CO)c(Br)cc12. The van der Waals surface area contributed by atoms with Crippen molar-refractivity contribution in [1.29, 1.82) is 0 Å². The lowest BCUT2D eigenvalue weighted by Gasteiger charge is -2.06. The van der Waals surface area contributed by atoms with Crippen LogP contribution in [0.3, 0.4) is 0 Å². The van der Waals surface area contributed by atoms with Gasteiger partial charge in [-0.3, -0.25) is 0 Å². The fraction of sp³-hybridized carbons (Fsp3) is 0.286. The number of aliphatic hydroxyl groups excluding tert-OH is 1. The van der Waals surface area contributed by atoms with Gasteiger partial charge in [-0.2, -0.15) is 0 Å². The molecule has 17 heavy (non-hydrogen) atoms. The Kier molecular flexibility index (Phi) is 5.62. The van der Waals surface area contributed by atoms with Gasteiger partial charge in [-0.15, -0.1) is 0 Å². The molecule has 2 rings (SSSR count). The van der Waals surface area contributed by atoms with Crippen LogP contribution in [0.25, 0.3) is 10.8 Å². The van der Waals surface area contributed by atoms with Crippen LogP contribution in [-0.4, -0.2) is 19.3 Å². The van der Waals surface area contributed by atoms with E-state index < -0.39 is 0 Å². The quantitative estimate of drug-likeness (QED) is 0.870. The highest BCUT2D eigenvalue weighted by atomic mass is 79.9. The maximum atomic E-state index is 9.12. The minimum atomic E-state index is 0.0739. The van der Waals surface area contributed by atoms with Gasteiger partial charge in [0.05, 0.1) is 6.61 Å². The summed E-state index contributed by atoms with van der Waals surface area (Å²) >= 11 is 3.45. The molecule has 0 aliphatic heterocycles. The molecule has 0 heterocycles. The van der Waals surface area contributed by atoms with Crippen LogP contribution < -0.4 is 0 Å². The number of benzene rings is 2. The lowest BCUT2D eigenvalue weighted by Crippen LogP contribution is -1.87. The number of halogens is 1.